The number of hydrogen-bond donors (Lipinski definition) is 0. The van der Waals surface area contributed by atoms with E-state index >= 15 is 0 Å². The number of benzene rings is 1. The molecule has 1 aromatic rings. The number of rotatable bonds is 3. The second kappa shape index (κ2) is 5.34. The molecule has 1 fully saturated rings. The Morgan fingerprint density at radius 3 is 2.53 bits per heavy atom. The van der Waals surface area contributed by atoms with Gasteiger partial charge < -0.3 is 0 Å². The molecule has 82 valence electrons. The van der Waals surface area contributed by atoms with Crippen molar-refractivity contribution in [2.45, 2.75) is 51.9 Å². The minimum atomic E-state index is 1.01. The summed E-state index contributed by atoms with van der Waals surface area (Å²) in [6.45, 7) is 2.23. The Kier molecular flexibility index (Phi) is 3.82. The summed E-state index contributed by atoms with van der Waals surface area (Å²) in [7, 11) is 0. The first-order valence-electron chi connectivity index (χ1n) is 6.41. The number of aryl methyl sites for hydroxylation is 2. The Morgan fingerprint density at radius 1 is 1.07 bits per heavy atom. The highest BCUT2D eigenvalue weighted by Crippen LogP contribution is 2.27. The van der Waals surface area contributed by atoms with Crippen LogP contribution in [-0.2, 0) is 6.42 Å². The van der Waals surface area contributed by atoms with Gasteiger partial charge in [0.1, 0.15) is 0 Å². The van der Waals surface area contributed by atoms with E-state index in [1.165, 1.54) is 50.5 Å². The molecular formula is C15H22. The molecule has 15 heavy (non-hydrogen) atoms. The van der Waals surface area contributed by atoms with E-state index in [-0.39, 0.29) is 0 Å². The molecule has 0 N–H and O–H groups in total. The van der Waals surface area contributed by atoms with E-state index in [4.69, 9.17) is 0 Å². The third-order valence-corrected chi connectivity index (χ3v) is 3.81. The van der Waals surface area contributed by atoms with Crippen molar-refractivity contribution in [1.82, 2.24) is 0 Å². The lowest BCUT2D eigenvalue weighted by Crippen LogP contribution is -2.07. The Balaban J connectivity index is 1.84. The molecule has 0 bridgehead atoms. The van der Waals surface area contributed by atoms with Crippen LogP contribution in [0.15, 0.2) is 24.3 Å². The van der Waals surface area contributed by atoms with E-state index < -0.39 is 0 Å². The fraction of sp³-hybridized carbons (Fsp3) is 0.600. The zero-order valence-electron chi connectivity index (χ0n) is 9.84. The van der Waals surface area contributed by atoms with E-state index in [2.05, 4.69) is 31.2 Å². The van der Waals surface area contributed by atoms with Gasteiger partial charge in [0.15, 0.2) is 0 Å². The maximum absolute atomic E-state index is 2.29. The minimum Gasteiger partial charge on any atom is -0.0620 e. The topological polar surface area (TPSA) is 0 Å². The van der Waals surface area contributed by atoms with Gasteiger partial charge in [-0.15, -0.1) is 0 Å². The molecule has 1 aliphatic rings. The highest BCUT2D eigenvalue weighted by atomic mass is 14.2. The van der Waals surface area contributed by atoms with Crippen molar-refractivity contribution in [1.29, 1.82) is 0 Å². The van der Waals surface area contributed by atoms with Crippen LogP contribution in [0.4, 0.5) is 0 Å². The van der Waals surface area contributed by atoms with Gasteiger partial charge in [-0.25, -0.2) is 0 Å². The average molecular weight is 202 g/mol. The van der Waals surface area contributed by atoms with Crippen LogP contribution in [0.2, 0.25) is 0 Å². The molecular weight excluding hydrogens is 180 g/mol. The van der Waals surface area contributed by atoms with Crippen LogP contribution in [0, 0.1) is 12.8 Å². The van der Waals surface area contributed by atoms with Crippen LogP contribution in [-0.4, -0.2) is 0 Å². The molecule has 1 saturated carbocycles. The maximum atomic E-state index is 2.29. The van der Waals surface area contributed by atoms with Crippen LogP contribution in [0.1, 0.15) is 49.7 Å². The van der Waals surface area contributed by atoms with Gasteiger partial charge in [0.2, 0.25) is 0 Å². The Bertz CT molecular complexity index is 295. The Hall–Kier alpha value is -0.780. The van der Waals surface area contributed by atoms with Gasteiger partial charge >= 0.3 is 0 Å². The highest BCUT2D eigenvalue weighted by Gasteiger charge is 2.13. The van der Waals surface area contributed by atoms with Gasteiger partial charge in [-0.3, -0.25) is 0 Å². The van der Waals surface area contributed by atoms with Gasteiger partial charge in [0.25, 0.3) is 0 Å². The van der Waals surface area contributed by atoms with Crippen molar-refractivity contribution in [3.8, 4) is 0 Å². The molecule has 0 unspecified atom stereocenters. The predicted molar refractivity (Wildman–Crippen MR) is 66.1 cm³/mol. The molecule has 0 heteroatoms. The second-order valence-corrected chi connectivity index (χ2v) is 4.97. The highest BCUT2D eigenvalue weighted by molar-refractivity contribution is 5.25. The van der Waals surface area contributed by atoms with Crippen molar-refractivity contribution in [2.75, 3.05) is 0 Å². The van der Waals surface area contributed by atoms with Crippen LogP contribution < -0.4 is 0 Å². The summed E-state index contributed by atoms with van der Waals surface area (Å²) in [4.78, 5) is 0. The summed E-state index contributed by atoms with van der Waals surface area (Å²) in [6.07, 6.45) is 10.1. The fourth-order valence-corrected chi connectivity index (χ4v) is 2.73. The first kappa shape index (κ1) is 10.7. The van der Waals surface area contributed by atoms with E-state index in [9.17, 15) is 0 Å². The molecule has 0 heterocycles. The third kappa shape index (κ3) is 3.09. The molecule has 0 aliphatic heterocycles. The molecule has 1 aromatic carbocycles. The SMILES string of the molecule is Cc1ccccc1CCC1CCCCC1. The molecule has 0 atom stereocenters. The van der Waals surface area contributed by atoms with E-state index in [1.54, 1.807) is 5.56 Å². The lowest BCUT2D eigenvalue weighted by atomic mass is 9.85. The summed E-state index contributed by atoms with van der Waals surface area (Å²) in [5.41, 5.74) is 3.02. The van der Waals surface area contributed by atoms with Crippen LogP contribution in [0.25, 0.3) is 0 Å². The first-order chi connectivity index (χ1) is 7.36. The van der Waals surface area contributed by atoms with Crippen LogP contribution in [0.5, 0.6) is 0 Å². The van der Waals surface area contributed by atoms with E-state index in [0.29, 0.717) is 0 Å². The number of hydrogen-bond acceptors (Lipinski definition) is 0. The molecule has 0 spiro atoms. The third-order valence-electron chi connectivity index (χ3n) is 3.81. The normalized spacial score (nSPS) is 17.9. The van der Waals surface area contributed by atoms with Gasteiger partial charge in [0, 0.05) is 0 Å². The minimum absolute atomic E-state index is 1.01. The molecule has 0 amide bonds. The average Bonchev–Trinajstić information content (AvgIpc) is 2.29. The largest absolute Gasteiger partial charge is 0.0620 e. The molecule has 2 rings (SSSR count). The lowest BCUT2D eigenvalue weighted by molar-refractivity contribution is 0.339. The molecule has 0 nitrogen and oxygen atoms in total. The van der Waals surface area contributed by atoms with E-state index in [0.717, 1.165) is 5.92 Å². The monoisotopic (exact) mass is 202 g/mol. The lowest BCUT2D eigenvalue weighted by Gasteiger charge is -2.21. The smallest absolute Gasteiger partial charge is 0.0274 e. The van der Waals surface area contributed by atoms with Crippen molar-refractivity contribution in [3.63, 3.8) is 0 Å². The zero-order chi connectivity index (χ0) is 10.5. The second-order valence-electron chi connectivity index (χ2n) is 4.97. The van der Waals surface area contributed by atoms with E-state index in [1.807, 2.05) is 0 Å². The zero-order valence-corrected chi connectivity index (χ0v) is 9.84. The van der Waals surface area contributed by atoms with Crippen molar-refractivity contribution in [3.05, 3.63) is 35.4 Å². The van der Waals surface area contributed by atoms with Gasteiger partial charge in [-0.1, -0.05) is 56.4 Å². The van der Waals surface area contributed by atoms with Crippen molar-refractivity contribution in [2.24, 2.45) is 5.92 Å². The Morgan fingerprint density at radius 2 is 1.80 bits per heavy atom. The quantitative estimate of drug-likeness (QED) is 0.676. The fourth-order valence-electron chi connectivity index (χ4n) is 2.73. The first-order valence-corrected chi connectivity index (χ1v) is 6.41. The van der Waals surface area contributed by atoms with Gasteiger partial charge in [-0.2, -0.15) is 0 Å². The van der Waals surface area contributed by atoms with Crippen molar-refractivity contribution < 1.29 is 0 Å². The predicted octanol–water partition coefficient (Wildman–Crippen LogP) is 4.51. The maximum Gasteiger partial charge on any atom is -0.0274 e. The summed E-state index contributed by atoms with van der Waals surface area (Å²) < 4.78 is 0. The van der Waals surface area contributed by atoms with Crippen LogP contribution in [0.3, 0.4) is 0 Å². The molecule has 0 saturated heterocycles. The molecule has 1 aliphatic carbocycles. The summed E-state index contributed by atoms with van der Waals surface area (Å²) in [5.74, 6) is 1.01. The van der Waals surface area contributed by atoms with Gasteiger partial charge in [-0.05, 0) is 36.8 Å². The standard InChI is InChI=1S/C15H22/c1-13-7-5-6-10-15(13)12-11-14-8-3-2-4-9-14/h5-7,10,14H,2-4,8-9,11-12H2,1H3. The van der Waals surface area contributed by atoms with Crippen LogP contribution >= 0.6 is 0 Å². The summed E-state index contributed by atoms with van der Waals surface area (Å²) in [6, 6.07) is 8.83. The molecule has 0 radical (unpaired) electrons. The van der Waals surface area contributed by atoms with Crippen molar-refractivity contribution >= 4 is 0 Å². The Labute approximate surface area is 93.7 Å². The van der Waals surface area contributed by atoms with Gasteiger partial charge in [0.05, 0.1) is 0 Å². The summed E-state index contributed by atoms with van der Waals surface area (Å²) >= 11 is 0. The molecule has 0 aromatic heterocycles. The summed E-state index contributed by atoms with van der Waals surface area (Å²) in [5, 5.41) is 0.